The molecule has 138 valence electrons. The van der Waals surface area contributed by atoms with Crippen molar-refractivity contribution in [1.82, 2.24) is 14.8 Å². The van der Waals surface area contributed by atoms with Crippen LogP contribution in [0.3, 0.4) is 0 Å². The van der Waals surface area contributed by atoms with Gasteiger partial charge in [-0.3, -0.25) is 4.57 Å². The summed E-state index contributed by atoms with van der Waals surface area (Å²) in [5.74, 6) is 1.66. The lowest BCUT2D eigenvalue weighted by atomic mass is 9.99. The second kappa shape index (κ2) is 7.56. The van der Waals surface area contributed by atoms with Crippen LogP contribution in [-0.2, 0) is 0 Å². The highest BCUT2D eigenvalue weighted by Crippen LogP contribution is 2.34. The quantitative estimate of drug-likeness (QED) is 0.372. The fraction of sp³-hybridized carbons (Fsp3) is 0. The molecule has 0 unspecified atom stereocenters. The third kappa shape index (κ3) is 3.23. The largest absolute Gasteiger partial charge is 0.275 e. The number of hydrogen-bond acceptors (Lipinski definition) is 2. The molecule has 1 heterocycles. The minimum atomic E-state index is 0.828. The highest BCUT2D eigenvalue weighted by atomic mass is 15.3. The lowest BCUT2D eigenvalue weighted by Crippen LogP contribution is -2.01. The van der Waals surface area contributed by atoms with E-state index in [0.29, 0.717) is 0 Å². The number of hydrogen-bond donors (Lipinski definition) is 0. The van der Waals surface area contributed by atoms with Crippen molar-refractivity contribution >= 4 is 0 Å². The summed E-state index contributed by atoms with van der Waals surface area (Å²) >= 11 is 0. The van der Waals surface area contributed by atoms with Crippen LogP contribution in [-0.4, -0.2) is 14.8 Å². The Hall–Kier alpha value is -3.98. The molecule has 0 amide bonds. The van der Waals surface area contributed by atoms with Gasteiger partial charge in [0.25, 0.3) is 0 Å². The molecule has 0 fully saturated rings. The number of benzene rings is 4. The Kier molecular flexibility index (Phi) is 4.47. The molecule has 5 rings (SSSR count). The van der Waals surface area contributed by atoms with E-state index in [1.54, 1.807) is 0 Å². The van der Waals surface area contributed by atoms with Crippen LogP contribution in [0.25, 0.3) is 39.6 Å². The smallest absolute Gasteiger partial charge is 0.169 e. The van der Waals surface area contributed by atoms with Crippen molar-refractivity contribution in [2.75, 3.05) is 0 Å². The first-order valence-corrected chi connectivity index (χ1v) is 9.63. The fourth-order valence-corrected chi connectivity index (χ4v) is 3.60. The van der Waals surface area contributed by atoms with Crippen molar-refractivity contribution in [3.05, 3.63) is 115 Å². The molecule has 0 atom stereocenters. The maximum atomic E-state index is 4.64. The summed E-state index contributed by atoms with van der Waals surface area (Å²) in [5, 5.41) is 9.23. The maximum Gasteiger partial charge on any atom is 0.169 e. The molecule has 0 aliphatic carbocycles. The van der Waals surface area contributed by atoms with Gasteiger partial charge in [0.05, 0.1) is 0 Å². The SMILES string of the molecule is c1ccc(-c2ccccc2-c2nnc(-c3ccccc3)n2-c2ccccc2)cc1. The van der Waals surface area contributed by atoms with Gasteiger partial charge in [-0.05, 0) is 23.3 Å². The second-order valence-electron chi connectivity index (χ2n) is 6.80. The molecule has 3 heteroatoms. The Labute approximate surface area is 169 Å². The number of para-hydroxylation sites is 1. The van der Waals surface area contributed by atoms with E-state index in [9.17, 15) is 0 Å². The summed E-state index contributed by atoms with van der Waals surface area (Å²) in [6.45, 7) is 0. The van der Waals surface area contributed by atoms with Gasteiger partial charge in [0.1, 0.15) is 0 Å². The van der Waals surface area contributed by atoms with Gasteiger partial charge < -0.3 is 0 Å². The molecule has 3 nitrogen and oxygen atoms in total. The molecule has 0 radical (unpaired) electrons. The van der Waals surface area contributed by atoms with Crippen LogP contribution in [0.4, 0.5) is 0 Å². The highest BCUT2D eigenvalue weighted by Gasteiger charge is 2.19. The van der Waals surface area contributed by atoms with Crippen molar-refractivity contribution in [3.63, 3.8) is 0 Å². The van der Waals surface area contributed by atoms with Crippen molar-refractivity contribution in [1.29, 1.82) is 0 Å². The highest BCUT2D eigenvalue weighted by molar-refractivity contribution is 5.82. The average Bonchev–Trinajstić information content (AvgIpc) is 3.26. The molecule has 0 saturated heterocycles. The molecule has 0 saturated carbocycles. The predicted octanol–water partition coefficient (Wildman–Crippen LogP) is 6.27. The zero-order valence-electron chi connectivity index (χ0n) is 15.8. The molecule has 0 aliphatic heterocycles. The summed E-state index contributed by atoms with van der Waals surface area (Å²) in [6, 6.07) is 39.2. The Morgan fingerprint density at radius 1 is 0.414 bits per heavy atom. The summed E-state index contributed by atoms with van der Waals surface area (Å²) in [6.07, 6.45) is 0. The van der Waals surface area contributed by atoms with Gasteiger partial charge in [-0.2, -0.15) is 0 Å². The van der Waals surface area contributed by atoms with Crippen LogP contribution in [0.5, 0.6) is 0 Å². The van der Waals surface area contributed by atoms with E-state index in [1.165, 1.54) is 0 Å². The van der Waals surface area contributed by atoms with Crippen LogP contribution in [0.2, 0.25) is 0 Å². The second-order valence-corrected chi connectivity index (χ2v) is 6.80. The number of rotatable bonds is 4. The standard InChI is InChI=1S/C26H19N3/c1-4-12-20(13-5-1)23-18-10-11-19-24(23)26-28-27-25(21-14-6-2-7-15-21)29(26)22-16-8-3-9-17-22/h1-19H. The van der Waals surface area contributed by atoms with E-state index in [0.717, 1.165) is 39.6 Å². The molecule has 0 spiro atoms. The van der Waals surface area contributed by atoms with Gasteiger partial charge in [0.2, 0.25) is 0 Å². The van der Waals surface area contributed by atoms with Gasteiger partial charge in [-0.15, -0.1) is 10.2 Å². The maximum absolute atomic E-state index is 4.64. The summed E-state index contributed by atoms with van der Waals surface area (Å²) in [7, 11) is 0. The van der Waals surface area contributed by atoms with E-state index in [-0.39, 0.29) is 0 Å². The van der Waals surface area contributed by atoms with Gasteiger partial charge in [0.15, 0.2) is 11.6 Å². The van der Waals surface area contributed by atoms with Crippen molar-refractivity contribution < 1.29 is 0 Å². The molecule has 5 aromatic rings. The normalized spacial score (nSPS) is 10.8. The molecule has 0 N–H and O–H groups in total. The predicted molar refractivity (Wildman–Crippen MR) is 118 cm³/mol. The van der Waals surface area contributed by atoms with Gasteiger partial charge >= 0.3 is 0 Å². The number of nitrogens with zero attached hydrogens (tertiary/aromatic N) is 3. The van der Waals surface area contributed by atoms with E-state index in [1.807, 2.05) is 48.5 Å². The summed E-state index contributed by atoms with van der Waals surface area (Å²) in [5.41, 5.74) is 5.42. The van der Waals surface area contributed by atoms with Crippen LogP contribution in [0.15, 0.2) is 115 Å². The van der Waals surface area contributed by atoms with Gasteiger partial charge in [0, 0.05) is 16.8 Å². The van der Waals surface area contributed by atoms with Crippen LogP contribution in [0.1, 0.15) is 0 Å². The molecule has 0 bridgehead atoms. The minimum Gasteiger partial charge on any atom is -0.275 e. The van der Waals surface area contributed by atoms with Gasteiger partial charge in [-0.25, -0.2) is 0 Å². The van der Waals surface area contributed by atoms with Crippen molar-refractivity contribution in [2.24, 2.45) is 0 Å². The fourth-order valence-electron chi connectivity index (χ4n) is 3.60. The van der Waals surface area contributed by atoms with Crippen LogP contribution >= 0.6 is 0 Å². The topological polar surface area (TPSA) is 30.7 Å². The van der Waals surface area contributed by atoms with E-state index < -0.39 is 0 Å². The zero-order chi connectivity index (χ0) is 19.5. The van der Waals surface area contributed by atoms with Gasteiger partial charge in [-0.1, -0.05) is 103 Å². The Morgan fingerprint density at radius 2 is 0.897 bits per heavy atom. The third-order valence-corrected chi connectivity index (χ3v) is 4.96. The third-order valence-electron chi connectivity index (χ3n) is 4.96. The first kappa shape index (κ1) is 17.1. The van der Waals surface area contributed by atoms with E-state index in [4.69, 9.17) is 0 Å². The molecular weight excluding hydrogens is 354 g/mol. The first-order valence-electron chi connectivity index (χ1n) is 9.63. The van der Waals surface area contributed by atoms with Crippen LogP contribution < -0.4 is 0 Å². The number of aromatic nitrogens is 3. The van der Waals surface area contributed by atoms with E-state index >= 15 is 0 Å². The Bertz CT molecular complexity index is 1230. The minimum absolute atomic E-state index is 0.828. The van der Waals surface area contributed by atoms with Crippen LogP contribution in [0, 0.1) is 0 Å². The lowest BCUT2D eigenvalue weighted by molar-refractivity contribution is 1.07. The first-order chi connectivity index (χ1) is 14.4. The molecular formula is C26H19N3. The molecule has 0 aliphatic rings. The lowest BCUT2D eigenvalue weighted by Gasteiger charge is -2.13. The molecule has 1 aromatic heterocycles. The van der Waals surface area contributed by atoms with E-state index in [2.05, 4.69) is 81.5 Å². The molecule has 29 heavy (non-hydrogen) atoms. The van der Waals surface area contributed by atoms with Crippen molar-refractivity contribution in [2.45, 2.75) is 0 Å². The Morgan fingerprint density at radius 3 is 1.55 bits per heavy atom. The zero-order valence-corrected chi connectivity index (χ0v) is 15.8. The summed E-state index contributed by atoms with van der Waals surface area (Å²) in [4.78, 5) is 0. The Balaban J connectivity index is 1.77. The summed E-state index contributed by atoms with van der Waals surface area (Å²) < 4.78 is 2.14. The monoisotopic (exact) mass is 373 g/mol. The van der Waals surface area contributed by atoms with Crippen molar-refractivity contribution in [3.8, 4) is 39.6 Å². The average molecular weight is 373 g/mol. The molecule has 4 aromatic carbocycles.